The van der Waals surface area contributed by atoms with Crippen LogP contribution in [0.25, 0.3) is 0 Å². The van der Waals surface area contributed by atoms with Crippen LogP contribution >= 0.6 is 11.6 Å². The second-order valence-electron chi connectivity index (χ2n) is 2.72. The fourth-order valence-electron chi connectivity index (χ4n) is 0.888. The van der Waals surface area contributed by atoms with Crippen LogP contribution in [-0.4, -0.2) is 29.3 Å². The number of hydrogen-bond donors (Lipinski definition) is 1. The molecule has 0 aromatic heterocycles. The molecule has 0 spiro atoms. The fourth-order valence-corrected chi connectivity index (χ4v) is 1.41. The molecule has 0 heterocycles. The monoisotopic (exact) mass is 272 g/mol. The van der Waals surface area contributed by atoms with E-state index in [1.54, 1.807) is 0 Å². The number of benzene rings is 1. The predicted molar refractivity (Wildman–Crippen MR) is 51.5 cm³/mol. The van der Waals surface area contributed by atoms with Gasteiger partial charge in [-0.2, -0.15) is 0 Å². The number of Topliss-reactive ketones (excluding diaryl/α,β-unsaturated/α-hetero) is 1. The third-order valence-electron chi connectivity index (χ3n) is 1.63. The third-order valence-corrected chi connectivity index (χ3v) is 2.64. The van der Waals surface area contributed by atoms with Crippen LogP contribution < -0.4 is 29.6 Å². The first-order chi connectivity index (χ1) is 6.82. The smallest absolute Gasteiger partial charge is 0.746 e. The van der Waals surface area contributed by atoms with Gasteiger partial charge >= 0.3 is 29.6 Å². The van der Waals surface area contributed by atoms with Gasteiger partial charge < -0.3 is 9.66 Å². The Morgan fingerprint density at radius 1 is 1.31 bits per heavy atom. The summed E-state index contributed by atoms with van der Waals surface area (Å²) < 4.78 is 31.1. The Labute approximate surface area is 119 Å². The summed E-state index contributed by atoms with van der Waals surface area (Å²) in [6, 6.07) is 5.13. The maximum Gasteiger partial charge on any atom is 1.00 e. The van der Waals surface area contributed by atoms with E-state index in [1.807, 2.05) is 0 Å². The molecule has 1 atom stereocenters. The van der Waals surface area contributed by atoms with Crippen molar-refractivity contribution in [1.29, 1.82) is 0 Å². The molecule has 1 N–H and O–H groups in total. The second kappa shape index (κ2) is 6.11. The van der Waals surface area contributed by atoms with Gasteiger partial charge in [-0.05, 0) is 24.3 Å². The molecule has 0 aliphatic rings. The number of hydrogen-bond acceptors (Lipinski definition) is 5. The molecule has 0 fully saturated rings. The van der Waals surface area contributed by atoms with E-state index < -0.39 is 21.3 Å². The number of carbonyl (C=O) groups is 1. The molecular formula is C8H6ClNaO5S. The normalized spacial score (nSPS) is 12.7. The van der Waals surface area contributed by atoms with Gasteiger partial charge in [-0.1, -0.05) is 11.6 Å². The predicted octanol–water partition coefficient (Wildman–Crippen LogP) is -2.61. The van der Waals surface area contributed by atoms with E-state index in [1.165, 1.54) is 24.3 Å². The molecule has 1 aromatic rings. The first-order valence-corrected chi connectivity index (χ1v) is 5.60. The van der Waals surface area contributed by atoms with Gasteiger partial charge in [0.2, 0.25) is 11.2 Å². The topological polar surface area (TPSA) is 94.5 Å². The zero-order chi connectivity index (χ0) is 11.6. The van der Waals surface area contributed by atoms with Crippen molar-refractivity contribution in [3.05, 3.63) is 34.9 Å². The molecule has 0 saturated heterocycles. The quantitative estimate of drug-likeness (QED) is 0.370. The Bertz CT molecular complexity index is 470. The summed E-state index contributed by atoms with van der Waals surface area (Å²) in [5, 5.41) is 9.25. The van der Waals surface area contributed by atoms with Crippen LogP contribution in [-0.2, 0) is 10.1 Å². The molecule has 0 aliphatic carbocycles. The second-order valence-corrected chi connectivity index (χ2v) is 4.58. The summed E-state index contributed by atoms with van der Waals surface area (Å²) in [7, 11) is -5.04. The molecule has 0 saturated carbocycles. The van der Waals surface area contributed by atoms with Gasteiger partial charge in [-0.3, -0.25) is 4.79 Å². The standard InChI is InChI=1S/C8H7ClO5S.Na/c9-6-3-1-5(2-4-6)7(10)8(11)15(12,13)14;/h1-4,8,11H,(H,12,13,14);/q;+1/p-1. The molecule has 5 nitrogen and oxygen atoms in total. The number of carbonyl (C=O) groups excluding carboxylic acids is 1. The number of ketones is 1. The fraction of sp³-hybridized carbons (Fsp3) is 0.125. The van der Waals surface area contributed by atoms with Crippen LogP contribution in [0.4, 0.5) is 0 Å². The minimum absolute atomic E-state index is 0. The van der Waals surface area contributed by atoms with Crippen LogP contribution in [0.2, 0.25) is 5.02 Å². The van der Waals surface area contributed by atoms with Crippen molar-refractivity contribution < 1.29 is 52.4 Å². The van der Waals surface area contributed by atoms with E-state index in [2.05, 4.69) is 0 Å². The largest absolute Gasteiger partial charge is 1.00 e. The Morgan fingerprint density at radius 3 is 2.12 bits per heavy atom. The van der Waals surface area contributed by atoms with Crippen molar-refractivity contribution in [2.75, 3.05) is 0 Å². The first kappa shape index (κ1) is 16.1. The molecule has 0 bridgehead atoms. The zero-order valence-electron chi connectivity index (χ0n) is 8.25. The van der Waals surface area contributed by atoms with E-state index in [0.717, 1.165) is 0 Å². The van der Waals surface area contributed by atoms with Gasteiger partial charge in [0, 0.05) is 10.6 Å². The van der Waals surface area contributed by atoms with E-state index in [-0.39, 0.29) is 35.1 Å². The van der Waals surface area contributed by atoms with Crippen molar-refractivity contribution >= 4 is 27.5 Å². The summed E-state index contributed by atoms with van der Waals surface area (Å²) in [4.78, 5) is 11.2. The van der Waals surface area contributed by atoms with Gasteiger partial charge in [-0.15, -0.1) is 0 Å². The maximum atomic E-state index is 11.2. The van der Waals surface area contributed by atoms with E-state index in [4.69, 9.17) is 16.7 Å². The first-order valence-electron chi connectivity index (χ1n) is 3.75. The molecule has 0 aliphatic heterocycles. The van der Waals surface area contributed by atoms with Crippen LogP contribution in [0.1, 0.15) is 10.4 Å². The molecule has 0 radical (unpaired) electrons. The average Bonchev–Trinajstić information content (AvgIpc) is 2.15. The van der Waals surface area contributed by atoms with Crippen LogP contribution in [0.15, 0.2) is 24.3 Å². The SMILES string of the molecule is O=C(c1ccc(Cl)cc1)C(O)S(=O)(=O)[O-].[Na+]. The van der Waals surface area contributed by atoms with Gasteiger partial charge in [0.05, 0.1) is 0 Å². The van der Waals surface area contributed by atoms with Gasteiger partial charge in [0.15, 0.2) is 0 Å². The number of halogens is 1. The van der Waals surface area contributed by atoms with Crippen molar-refractivity contribution in [3.63, 3.8) is 0 Å². The molecular weight excluding hydrogens is 267 g/mol. The maximum absolute atomic E-state index is 11.2. The molecule has 82 valence electrons. The Balaban J connectivity index is 0.00000225. The Morgan fingerprint density at radius 2 is 1.75 bits per heavy atom. The molecule has 1 aromatic carbocycles. The number of aliphatic hydroxyl groups excluding tert-OH is 1. The molecule has 0 amide bonds. The zero-order valence-corrected chi connectivity index (χ0v) is 11.8. The van der Waals surface area contributed by atoms with Crippen molar-refractivity contribution in [1.82, 2.24) is 0 Å². The van der Waals surface area contributed by atoms with Crippen LogP contribution in [0, 0.1) is 0 Å². The molecule has 16 heavy (non-hydrogen) atoms. The third kappa shape index (κ3) is 4.14. The summed E-state index contributed by atoms with van der Waals surface area (Å²) >= 11 is 5.53. The van der Waals surface area contributed by atoms with E-state index in [0.29, 0.717) is 5.02 Å². The minimum Gasteiger partial charge on any atom is -0.746 e. The van der Waals surface area contributed by atoms with E-state index >= 15 is 0 Å². The molecule has 1 rings (SSSR count). The van der Waals surface area contributed by atoms with Crippen molar-refractivity contribution in [2.24, 2.45) is 0 Å². The van der Waals surface area contributed by atoms with Crippen LogP contribution in [0.5, 0.6) is 0 Å². The van der Waals surface area contributed by atoms with Crippen molar-refractivity contribution in [3.8, 4) is 0 Å². The van der Waals surface area contributed by atoms with Crippen molar-refractivity contribution in [2.45, 2.75) is 5.44 Å². The minimum atomic E-state index is -5.04. The summed E-state index contributed by atoms with van der Waals surface area (Å²) in [5.41, 5.74) is -2.66. The Hall–Kier alpha value is 0.0500. The van der Waals surface area contributed by atoms with Gasteiger partial charge in [0.1, 0.15) is 10.1 Å². The van der Waals surface area contributed by atoms with Gasteiger partial charge in [0.25, 0.3) is 0 Å². The average molecular weight is 273 g/mol. The van der Waals surface area contributed by atoms with E-state index in [9.17, 15) is 17.8 Å². The van der Waals surface area contributed by atoms with Crippen LogP contribution in [0.3, 0.4) is 0 Å². The molecule has 1 unspecified atom stereocenters. The summed E-state index contributed by atoms with van der Waals surface area (Å²) in [6.07, 6.45) is 0. The number of rotatable bonds is 3. The summed E-state index contributed by atoms with van der Waals surface area (Å²) in [5.74, 6) is -1.17. The summed E-state index contributed by atoms with van der Waals surface area (Å²) in [6.45, 7) is 0. The number of aliphatic hydroxyl groups is 1. The Kier molecular flexibility index (Phi) is 6.13. The van der Waals surface area contributed by atoms with Gasteiger partial charge in [-0.25, -0.2) is 8.42 Å². The molecule has 8 heteroatoms.